The number of benzene rings is 2. The highest BCUT2D eigenvalue weighted by atomic mass is 79.9. The first-order valence-electron chi connectivity index (χ1n) is 12.1. The zero-order valence-corrected chi connectivity index (χ0v) is 22.1. The number of hydrogen-bond acceptors (Lipinski definition) is 5. The van der Waals surface area contributed by atoms with Crippen LogP contribution in [-0.2, 0) is 9.59 Å². The maximum atomic E-state index is 12.5. The number of halogens is 1. The van der Waals surface area contributed by atoms with Crippen molar-refractivity contribution >= 4 is 55.8 Å². The van der Waals surface area contributed by atoms with Crippen molar-refractivity contribution in [2.75, 3.05) is 48.3 Å². The average molecular weight is 538 g/mol. The van der Waals surface area contributed by atoms with Gasteiger partial charge in [-0.25, -0.2) is 4.98 Å². The van der Waals surface area contributed by atoms with Crippen LogP contribution < -0.4 is 15.5 Å². The minimum Gasteiger partial charge on any atom is -0.354 e. The van der Waals surface area contributed by atoms with Crippen LogP contribution in [0, 0.1) is 13.8 Å². The van der Waals surface area contributed by atoms with Crippen molar-refractivity contribution in [2.45, 2.75) is 33.6 Å². The fourth-order valence-electron chi connectivity index (χ4n) is 4.34. The molecule has 0 spiro atoms. The van der Waals surface area contributed by atoms with E-state index in [1.807, 2.05) is 43.3 Å². The van der Waals surface area contributed by atoms with Gasteiger partial charge in [-0.2, -0.15) is 0 Å². The number of amides is 2. The highest BCUT2D eigenvalue weighted by molar-refractivity contribution is 9.10. The first-order valence-corrected chi connectivity index (χ1v) is 12.9. The summed E-state index contributed by atoms with van der Waals surface area (Å²) >= 11 is 3.42. The number of carbonyl (C=O) groups excluding carboxylic acids is 2. The van der Waals surface area contributed by atoms with Crippen LogP contribution in [0.3, 0.4) is 0 Å². The third kappa shape index (κ3) is 6.38. The van der Waals surface area contributed by atoms with Crippen molar-refractivity contribution in [1.29, 1.82) is 0 Å². The minimum atomic E-state index is -0.192. The van der Waals surface area contributed by atoms with E-state index in [1.165, 1.54) is 0 Å². The predicted octanol–water partition coefficient (Wildman–Crippen LogP) is 5.11. The largest absolute Gasteiger partial charge is 0.354 e. The van der Waals surface area contributed by atoms with E-state index in [0.29, 0.717) is 5.69 Å². The summed E-state index contributed by atoms with van der Waals surface area (Å²) in [5.41, 5.74) is 4.47. The smallest absolute Gasteiger partial charge is 0.224 e. The number of pyridine rings is 1. The van der Waals surface area contributed by atoms with Gasteiger partial charge < -0.3 is 20.4 Å². The van der Waals surface area contributed by atoms with Crippen molar-refractivity contribution in [3.05, 3.63) is 58.1 Å². The molecule has 4 rings (SSSR count). The molecular formula is C27H32BrN5O2. The third-order valence-corrected chi connectivity index (χ3v) is 6.96. The van der Waals surface area contributed by atoms with Crippen LogP contribution in [0.1, 0.15) is 30.9 Å². The monoisotopic (exact) mass is 537 g/mol. The van der Waals surface area contributed by atoms with E-state index in [9.17, 15) is 9.59 Å². The highest BCUT2D eigenvalue weighted by Crippen LogP contribution is 2.26. The van der Waals surface area contributed by atoms with Gasteiger partial charge in [0.25, 0.3) is 0 Å². The maximum Gasteiger partial charge on any atom is 0.224 e. The van der Waals surface area contributed by atoms with Gasteiger partial charge in [-0.1, -0.05) is 22.9 Å². The lowest BCUT2D eigenvalue weighted by Gasteiger charge is -2.35. The number of aryl methyl sites for hydroxylation is 2. The lowest BCUT2D eigenvalue weighted by molar-refractivity contribution is -0.121. The van der Waals surface area contributed by atoms with E-state index in [2.05, 4.69) is 56.3 Å². The summed E-state index contributed by atoms with van der Waals surface area (Å²) in [7, 11) is 0. The molecule has 2 aromatic carbocycles. The second kappa shape index (κ2) is 11.2. The molecule has 0 saturated carbocycles. The molecule has 1 aliphatic heterocycles. The Hall–Kier alpha value is -2.97. The van der Waals surface area contributed by atoms with Crippen molar-refractivity contribution in [3.8, 4) is 0 Å². The lowest BCUT2D eigenvalue weighted by atomic mass is 10.1. The van der Waals surface area contributed by atoms with Gasteiger partial charge in [0.15, 0.2) is 0 Å². The first-order chi connectivity index (χ1) is 16.8. The molecular weight excluding hydrogens is 506 g/mol. The number of rotatable bonds is 7. The van der Waals surface area contributed by atoms with Crippen molar-refractivity contribution in [1.82, 2.24) is 9.88 Å². The summed E-state index contributed by atoms with van der Waals surface area (Å²) < 4.78 is 0.958. The standard InChI is InChI=1S/C27H32BrN5O2/c1-4-32-11-13-33(14-12-32)25-16-18(2)22-17-21(6-8-24(22)30-25)29-26(34)9-10-27(35)31-23-7-5-20(28)15-19(23)3/h5-8,15-17H,4,9-14H2,1-3H3,(H,29,34)(H,31,35). The zero-order chi connectivity index (χ0) is 24.9. The maximum absolute atomic E-state index is 12.5. The Labute approximate surface area is 215 Å². The second-order valence-electron chi connectivity index (χ2n) is 9.01. The fourth-order valence-corrected chi connectivity index (χ4v) is 4.82. The van der Waals surface area contributed by atoms with Crippen LogP contribution >= 0.6 is 15.9 Å². The number of nitrogens with zero attached hydrogens (tertiary/aromatic N) is 3. The number of carbonyl (C=O) groups is 2. The molecule has 0 aliphatic carbocycles. The number of fused-ring (bicyclic) bond motifs is 1. The van der Waals surface area contributed by atoms with Crippen LogP contribution in [0.4, 0.5) is 17.2 Å². The summed E-state index contributed by atoms with van der Waals surface area (Å²) in [5, 5.41) is 6.81. The Balaban J connectivity index is 1.35. The van der Waals surface area contributed by atoms with E-state index in [-0.39, 0.29) is 24.7 Å². The van der Waals surface area contributed by atoms with Crippen LogP contribution in [0.5, 0.6) is 0 Å². The SMILES string of the molecule is CCN1CCN(c2cc(C)c3cc(NC(=O)CCC(=O)Nc4ccc(Br)cc4C)ccc3n2)CC1. The summed E-state index contributed by atoms with van der Waals surface area (Å²) in [4.78, 5) is 34.5. The number of nitrogens with one attached hydrogen (secondary N) is 2. The Morgan fingerprint density at radius 3 is 2.31 bits per heavy atom. The van der Waals surface area contributed by atoms with E-state index in [4.69, 9.17) is 4.98 Å². The summed E-state index contributed by atoms with van der Waals surface area (Å²) in [6.45, 7) is 11.4. The van der Waals surface area contributed by atoms with E-state index in [0.717, 1.165) is 70.7 Å². The van der Waals surface area contributed by atoms with Crippen LogP contribution in [0.2, 0.25) is 0 Å². The van der Waals surface area contributed by atoms with Gasteiger partial charge in [-0.3, -0.25) is 9.59 Å². The average Bonchev–Trinajstić information content (AvgIpc) is 2.85. The van der Waals surface area contributed by atoms with Gasteiger partial charge >= 0.3 is 0 Å². The molecule has 1 saturated heterocycles. The molecule has 35 heavy (non-hydrogen) atoms. The molecule has 2 N–H and O–H groups in total. The van der Waals surface area contributed by atoms with Crippen molar-refractivity contribution in [3.63, 3.8) is 0 Å². The first kappa shape index (κ1) is 25.1. The normalized spacial score (nSPS) is 14.2. The van der Waals surface area contributed by atoms with E-state index in [1.54, 1.807) is 0 Å². The lowest BCUT2D eigenvalue weighted by Crippen LogP contribution is -2.46. The van der Waals surface area contributed by atoms with Crippen LogP contribution in [0.25, 0.3) is 10.9 Å². The number of anilines is 3. The highest BCUT2D eigenvalue weighted by Gasteiger charge is 2.18. The predicted molar refractivity (Wildman–Crippen MR) is 146 cm³/mol. The van der Waals surface area contributed by atoms with Gasteiger partial charge in [0.2, 0.25) is 11.8 Å². The van der Waals surface area contributed by atoms with Gasteiger partial charge in [0.05, 0.1) is 5.52 Å². The Morgan fingerprint density at radius 2 is 1.63 bits per heavy atom. The molecule has 184 valence electrons. The Morgan fingerprint density at radius 1 is 0.914 bits per heavy atom. The van der Waals surface area contributed by atoms with E-state index >= 15 is 0 Å². The molecule has 0 bridgehead atoms. The van der Waals surface area contributed by atoms with Crippen LogP contribution in [-0.4, -0.2) is 54.4 Å². The second-order valence-corrected chi connectivity index (χ2v) is 9.92. The Bertz CT molecular complexity index is 1240. The van der Waals surface area contributed by atoms with Gasteiger partial charge in [0, 0.05) is 60.3 Å². The van der Waals surface area contributed by atoms with Crippen molar-refractivity contribution < 1.29 is 9.59 Å². The quantitative estimate of drug-likeness (QED) is 0.437. The number of hydrogen-bond donors (Lipinski definition) is 2. The topological polar surface area (TPSA) is 77.6 Å². The molecule has 1 fully saturated rings. The fraction of sp³-hybridized carbons (Fsp3) is 0.370. The molecule has 2 heterocycles. The van der Waals surface area contributed by atoms with Gasteiger partial charge in [0.1, 0.15) is 5.82 Å². The molecule has 0 atom stereocenters. The minimum absolute atomic E-state index is 0.110. The van der Waals surface area contributed by atoms with E-state index < -0.39 is 0 Å². The molecule has 7 nitrogen and oxygen atoms in total. The summed E-state index contributed by atoms with van der Waals surface area (Å²) in [6, 6.07) is 13.6. The van der Waals surface area contributed by atoms with Crippen molar-refractivity contribution in [2.24, 2.45) is 0 Å². The molecule has 1 aliphatic rings. The molecule has 1 aromatic heterocycles. The number of likely N-dealkylation sites (N-methyl/N-ethyl adjacent to an activating group) is 1. The summed E-state index contributed by atoms with van der Waals surface area (Å²) in [6.07, 6.45) is 0.226. The molecule has 0 unspecified atom stereocenters. The molecule has 2 amide bonds. The van der Waals surface area contributed by atoms with Crippen LogP contribution in [0.15, 0.2) is 46.9 Å². The molecule has 0 radical (unpaired) electrons. The Kier molecular flexibility index (Phi) is 8.03. The third-order valence-electron chi connectivity index (χ3n) is 6.47. The van der Waals surface area contributed by atoms with Gasteiger partial charge in [-0.05, 0) is 74.0 Å². The molecule has 8 heteroatoms. The number of piperazine rings is 1. The zero-order valence-electron chi connectivity index (χ0n) is 20.5. The summed E-state index contributed by atoms with van der Waals surface area (Å²) in [5.74, 6) is 0.633. The molecule has 3 aromatic rings. The number of aromatic nitrogens is 1. The van der Waals surface area contributed by atoms with Gasteiger partial charge in [-0.15, -0.1) is 0 Å².